The number of pyridine rings is 1. The van der Waals surface area contributed by atoms with E-state index in [0.717, 1.165) is 5.56 Å². The first-order valence-electron chi connectivity index (χ1n) is 9.81. The van der Waals surface area contributed by atoms with Gasteiger partial charge in [0.1, 0.15) is 5.76 Å². The van der Waals surface area contributed by atoms with Crippen LogP contribution in [0.25, 0.3) is 0 Å². The highest BCUT2D eigenvalue weighted by molar-refractivity contribution is 6.05. The molecule has 160 valence electrons. The number of hydrogen-bond acceptors (Lipinski definition) is 6. The maximum Gasteiger partial charge on any atom is 0.307 e. The topological polar surface area (TPSA) is 114 Å². The molecule has 3 aromatic heterocycles. The zero-order chi connectivity index (χ0) is 22.3. The molecule has 0 aliphatic heterocycles. The van der Waals surface area contributed by atoms with Crippen LogP contribution in [0.2, 0.25) is 0 Å². The molecule has 4 rings (SSSR count). The molecule has 0 aliphatic rings. The first kappa shape index (κ1) is 20.7. The van der Waals surface area contributed by atoms with Crippen molar-refractivity contribution in [1.29, 1.82) is 0 Å². The van der Waals surface area contributed by atoms with Crippen LogP contribution >= 0.6 is 0 Å². The molecule has 0 fully saturated rings. The number of carbonyl (C=O) groups excluding carboxylic acids is 2. The molecular weight excluding hydrogens is 408 g/mol. The summed E-state index contributed by atoms with van der Waals surface area (Å²) >= 11 is 0. The molecule has 0 unspecified atom stereocenters. The second-order valence-corrected chi connectivity index (χ2v) is 6.88. The lowest BCUT2D eigenvalue weighted by Crippen LogP contribution is -2.19. The van der Waals surface area contributed by atoms with Crippen molar-refractivity contribution in [3.05, 3.63) is 102 Å². The molecule has 4 aromatic rings. The fourth-order valence-corrected chi connectivity index (χ4v) is 2.92. The van der Waals surface area contributed by atoms with Crippen molar-refractivity contribution in [3.63, 3.8) is 0 Å². The normalized spacial score (nSPS) is 11.2. The van der Waals surface area contributed by atoms with Gasteiger partial charge in [0.2, 0.25) is 0 Å². The second kappa shape index (κ2) is 9.52. The van der Waals surface area contributed by atoms with Crippen molar-refractivity contribution in [2.45, 2.75) is 13.5 Å². The second-order valence-electron chi connectivity index (χ2n) is 6.88. The van der Waals surface area contributed by atoms with Crippen molar-refractivity contribution < 1.29 is 14.0 Å². The summed E-state index contributed by atoms with van der Waals surface area (Å²) in [7, 11) is 0. The summed E-state index contributed by atoms with van der Waals surface area (Å²) in [5.74, 6) is 0.0636. The average molecular weight is 428 g/mol. The van der Waals surface area contributed by atoms with Crippen molar-refractivity contribution in [3.8, 4) is 0 Å². The van der Waals surface area contributed by atoms with Gasteiger partial charge in [-0.2, -0.15) is 10.2 Å². The van der Waals surface area contributed by atoms with Crippen LogP contribution in [0.5, 0.6) is 0 Å². The molecule has 0 spiro atoms. The molecule has 1 aromatic carbocycles. The summed E-state index contributed by atoms with van der Waals surface area (Å²) in [5.41, 5.74) is 4.93. The van der Waals surface area contributed by atoms with Crippen molar-refractivity contribution >= 4 is 23.2 Å². The van der Waals surface area contributed by atoms with Crippen LogP contribution in [-0.2, 0) is 6.54 Å². The molecule has 0 radical (unpaired) electrons. The molecule has 0 saturated carbocycles. The number of nitrogens with one attached hydrogen (secondary N) is 2. The van der Waals surface area contributed by atoms with Gasteiger partial charge in [0, 0.05) is 36.0 Å². The van der Waals surface area contributed by atoms with E-state index in [2.05, 4.69) is 25.9 Å². The van der Waals surface area contributed by atoms with Crippen LogP contribution in [0.3, 0.4) is 0 Å². The minimum absolute atomic E-state index is 0.155. The summed E-state index contributed by atoms with van der Waals surface area (Å²) in [6.07, 6.45) is 6.60. The van der Waals surface area contributed by atoms with Crippen LogP contribution in [0.4, 0.5) is 5.69 Å². The van der Waals surface area contributed by atoms with Gasteiger partial charge < -0.3 is 9.73 Å². The Bertz CT molecular complexity index is 1250. The largest absolute Gasteiger partial charge is 0.454 e. The summed E-state index contributed by atoms with van der Waals surface area (Å²) in [4.78, 5) is 28.6. The third kappa shape index (κ3) is 5.14. The van der Waals surface area contributed by atoms with Gasteiger partial charge in [-0.3, -0.25) is 19.3 Å². The van der Waals surface area contributed by atoms with E-state index in [0.29, 0.717) is 29.3 Å². The van der Waals surface area contributed by atoms with Gasteiger partial charge in [-0.1, -0.05) is 12.1 Å². The SMILES string of the molecule is C/C(=N\NC(=O)c1ccc(Cn2cccn2)o1)c1cccc(NC(=O)c2ccncc2)c1. The van der Waals surface area contributed by atoms with Gasteiger partial charge >= 0.3 is 5.91 Å². The van der Waals surface area contributed by atoms with Gasteiger partial charge in [0.15, 0.2) is 5.76 Å². The first-order chi connectivity index (χ1) is 15.6. The van der Waals surface area contributed by atoms with Crippen LogP contribution in [0.1, 0.15) is 39.2 Å². The van der Waals surface area contributed by atoms with Crippen LogP contribution < -0.4 is 10.7 Å². The summed E-state index contributed by atoms with van der Waals surface area (Å²) < 4.78 is 7.27. The summed E-state index contributed by atoms with van der Waals surface area (Å²) in [6, 6.07) is 15.6. The molecule has 0 atom stereocenters. The van der Waals surface area contributed by atoms with E-state index in [1.807, 2.05) is 18.3 Å². The average Bonchev–Trinajstić information content (AvgIpc) is 3.51. The van der Waals surface area contributed by atoms with Gasteiger partial charge in [0.05, 0.1) is 12.3 Å². The molecule has 32 heavy (non-hydrogen) atoms. The van der Waals surface area contributed by atoms with Gasteiger partial charge in [0.25, 0.3) is 5.91 Å². The standard InChI is InChI=1S/C23H20N6O3/c1-16(18-4-2-5-19(14-18)26-22(30)17-8-11-24-12-9-17)27-28-23(31)21-7-6-20(32-21)15-29-13-3-10-25-29/h2-14H,15H2,1H3,(H,26,30)(H,28,31)/b27-16+. The molecular formula is C23H20N6O3. The fraction of sp³-hybridized carbons (Fsp3) is 0.0870. The Morgan fingerprint density at radius 2 is 1.84 bits per heavy atom. The highest BCUT2D eigenvalue weighted by Crippen LogP contribution is 2.14. The molecule has 2 N–H and O–H groups in total. The lowest BCUT2D eigenvalue weighted by atomic mass is 10.1. The Kier molecular flexibility index (Phi) is 6.17. The van der Waals surface area contributed by atoms with E-state index in [4.69, 9.17) is 4.42 Å². The smallest absolute Gasteiger partial charge is 0.307 e. The number of aromatic nitrogens is 3. The van der Waals surface area contributed by atoms with E-state index in [-0.39, 0.29) is 11.7 Å². The summed E-state index contributed by atoms with van der Waals surface area (Å²) in [6.45, 7) is 2.19. The van der Waals surface area contributed by atoms with Crippen LogP contribution in [-0.4, -0.2) is 32.3 Å². The minimum Gasteiger partial charge on any atom is -0.454 e. The van der Waals surface area contributed by atoms with Crippen LogP contribution in [0, 0.1) is 0 Å². The van der Waals surface area contributed by atoms with E-state index < -0.39 is 5.91 Å². The highest BCUT2D eigenvalue weighted by atomic mass is 16.4. The van der Waals surface area contributed by atoms with Gasteiger partial charge in [-0.15, -0.1) is 0 Å². The van der Waals surface area contributed by atoms with Gasteiger partial charge in [-0.25, -0.2) is 5.43 Å². The number of carbonyl (C=O) groups is 2. The number of hydrogen-bond donors (Lipinski definition) is 2. The van der Waals surface area contributed by atoms with Crippen molar-refractivity contribution in [2.24, 2.45) is 5.10 Å². The number of rotatable bonds is 7. The molecule has 3 heterocycles. The van der Waals surface area contributed by atoms with E-state index in [9.17, 15) is 9.59 Å². The Morgan fingerprint density at radius 1 is 1.00 bits per heavy atom. The third-order valence-electron chi connectivity index (χ3n) is 4.57. The summed E-state index contributed by atoms with van der Waals surface area (Å²) in [5, 5.41) is 11.1. The number of amides is 2. The number of hydrazone groups is 1. The van der Waals surface area contributed by atoms with Gasteiger partial charge in [-0.05, 0) is 55.0 Å². The zero-order valence-corrected chi connectivity index (χ0v) is 17.2. The number of furan rings is 1. The van der Waals surface area contributed by atoms with E-state index in [1.165, 1.54) is 0 Å². The highest BCUT2D eigenvalue weighted by Gasteiger charge is 2.12. The van der Waals surface area contributed by atoms with Crippen LogP contribution in [0.15, 0.2) is 88.9 Å². The number of benzene rings is 1. The predicted molar refractivity (Wildman–Crippen MR) is 118 cm³/mol. The quantitative estimate of drug-likeness (QED) is 0.346. The zero-order valence-electron chi connectivity index (χ0n) is 17.2. The molecule has 9 nitrogen and oxygen atoms in total. The molecule has 9 heteroatoms. The minimum atomic E-state index is -0.460. The maximum atomic E-state index is 12.4. The predicted octanol–water partition coefficient (Wildman–Crippen LogP) is 3.33. The van der Waals surface area contributed by atoms with E-state index in [1.54, 1.807) is 72.7 Å². The first-order valence-corrected chi connectivity index (χ1v) is 9.81. The van der Waals surface area contributed by atoms with E-state index >= 15 is 0 Å². The Hall–Kier alpha value is -4.53. The number of anilines is 1. The lowest BCUT2D eigenvalue weighted by molar-refractivity contribution is 0.0924. The Labute approximate surface area is 183 Å². The monoisotopic (exact) mass is 428 g/mol. The number of nitrogens with zero attached hydrogens (tertiary/aromatic N) is 4. The lowest BCUT2D eigenvalue weighted by Gasteiger charge is -2.07. The fourth-order valence-electron chi connectivity index (χ4n) is 2.92. The molecule has 0 aliphatic carbocycles. The van der Waals surface area contributed by atoms with Crippen molar-refractivity contribution in [2.75, 3.05) is 5.32 Å². The maximum absolute atomic E-state index is 12.4. The molecule has 2 amide bonds. The Morgan fingerprint density at radius 3 is 2.62 bits per heavy atom. The Balaban J connectivity index is 1.38. The third-order valence-corrected chi connectivity index (χ3v) is 4.57. The molecule has 0 bridgehead atoms. The van der Waals surface area contributed by atoms with Crippen molar-refractivity contribution in [1.82, 2.24) is 20.2 Å². The molecule has 0 saturated heterocycles.